The summed E-state index contributed by atoms with van der Waals surface area (Å²) >= 11 is 5.95. The van der Waals surface area contributed by atoms with Crippen LogP contribution in [0.1, 0.15) is 28.2 Å². The SMILES string of the molecule is Cc1ccc(CN(Cc2ccc(/C=N/NC(=O)C(=O)Nc3ccc(C)cc3)o2)S(=O)(=O)c2ccc(Cl)cc2)cc1. The fourth-order valence-corrected chi connectivity index (χ4v) is 5.15. The van der Waals surface area contributed by atoms with Crippen molar-refractivity contribution < 1.29 is 22.4 Å². The minimum absolute atomic E-state index is 0.0575. The molecule has 0 aliphatic heterocycles. The molecule has 11 heteroatoms. The standard InChI is InChI=1S/C29H27ClN4O5S/c1-20-3-7-22(8-4-20)18-34(40(37,38)27-15-9-23(30)10-16-27)19-26-14-13-25(39-26)17-31-33-29(36)28(35)32-24-11-5-21(2)6-12-24/h3-17H,18-19H2,1-2H3,(H,32,35)(H,33,36)/b31-17+. The number of sulfonamides is 1. The summed E-state index contributed by atoms with van der Waals surface area (Å²) in [5.41, 5.74) is 5.51. The molecule has 0 aliphatic rings. The first-order valence-electron chi connectivity index (χ1n) is 12.2. The van der Waals surface area contributed by atoms with Crippen molar-refractivity contribution in [3.05, 3.63) is 118 Å². The van der Waals surface area contributed by atoms with Crippen molar-refractivity contribution in [2.24, 2.45) is 5.10 Å². The van der Waals surface area contributed by atoms with E-state index in [0.29, 0.717) is 16.5 Å². The molecule has 2 N–H and O–H groups in total. The normalized spacial score (nSPS) is 11.6. The van der Waals surface area contributed by atoms with E-state index in [4.69, 9.17) is 16.0 Å². The number of benzene rings is 3. The van der Waals surface area contributed by atoms with Crippen LogP contribution in [-0.4, -0.2) is 30.8 Å². The Morgan fingerprint density at radius 3 is 2.12 bits per heavy atom. The van der Waals surface area contributed by atoms with Crippen LogP contribution >= 0.6 is 11.6 Å². The van der Waals surface area contributed by atoms with Gasteiger partial charge in [0.2, 0.25) is 10.0 Å². The predicted molar refractivity (Wildman–Crippen MR) is 153 cm³/mol. The zero-order valence-corrected chi connectivity index (χ0v) is 23.4. The van der Waals surface area contributed by atoms with E-state index in [0.717, 1.165) is 16.7 Å². The molecule has 0 saturated carbocycles. The van der Waals surface area contributed by atoms with Gasteiger partial charge in [-0.15, -0.1) is 0 Å². The number of halogens is 1. The molecule has 0 aliphatic carbocycles. The first kappa shape index (κ1) is 28.8. The summed E-state index contributed by atoms with van der Waals surface area (Å²) in [7, 11) is -3.90. The highest BCUT2D eigenvalue weighted by molar-refractivity contribution is 7.89. The molecule has 0 bridgehead atoms. The quantitative estimate of drug-likeness (QED) is 0.164. The smallest absolute Gasteiger partial charge is 0.329 e. The van der Waals surface area contributed by atoms with Crippen molar-refractivity contribution in [2.75, 3.05) is 5.32 Å². The first-order chi connectivity index (χ1) is 19.1. The topological polar surface area (TPSA) is 121 Å². The van der Waals surface area contributed by atoms with E-state index in [2.05, 4.69) is 15.8 Å². The second-order valence-corrected chi connectivity index (χ2v) is 11.4. The van der Waals surface area contributed by atoms with Crippen LogP contribution in [0.3, 0.4) is 0 Å². The Morgan fingerprint density at radius 1 is 0.850 bits per heavy atom. The number of hydrogen-bond donors (Lipinski definition) is 2. The second kappa shape index (κ2) is 12.7. The van der Waals surface area contributed by atoms with Crippen molar-refractivity contribution in [3.8, 4) is 0 Å². The van der Waals surface area contributed by atoms with Crippen LogP contribution in [0.4, 0.5) is 5.69 Å². The van der Waals surface area contributed by atoms with Gasteiger partial charge in [0.25, 0.3) is 0 Å². The average Bonchev–Trinajstić information content (AvgIpc) is 3.38. The largest absolute Gasteiger partial charge is 0.459 e. The van der Waals surface area contributed by atoms with E-state index in [1.165, 1.54) is 34.8 Å². The van der Waals surface area contributed by atoms with Crippen molar-refractivity contribution in [3.63, 3.8) is 0 Å². The fraction of sp³-hybridized carbons (Fsp3) is 0.138. The fourth-order valence-electron chi connectivity index (χ4n) is 3.63. The number of rotatable bonds is 9. The number of hydrogen-bond acceptors (Lipinski definition) is 6. The number of hydrazone groups is 1. The number of amides is 2. The number of aryl methyl sites for hydroxylation is 2. The average molecular weight is 579 g/mol. The Morgan fingerprint density at radius 2 is 1.48 bits per heavy atom. The van der Waals surface area contributed by atoms with Gasteiger partial charge in [-0.2, -0.15) is 9.41 Å². The molecule has 40 heavy (non-hydrogen) atoms. The molecule has 0 saturated heterocycles. The van der Waals surface area contributed by atoms with Crippen molar-refractivity contribution in [2.45, 2.75) is 31.8 Å². The number of carbonyl (C=O) groups is 2. The predicted octanol–water partition coefficient (Wildman–Crippen LogP) is 5.03. The minimum atomic E-state index is -3.90. The lowest BCUT2D eigenvalue weighted by Crippen LogP contribution is -2.32. The molecule has 2 amide bonds. The third kappa shape index (κ3) is 7.66. The van der Waals surface area contributed by atoms with Gasteiger partial charge < -0.3 is 9.73 Å². The molecule has 4 rings (SSSR count). The Hall–Kier alpha value is -4.25. The molecule has 0 radical (unpaired) electrons. The lowest BCUT2D eigenvalue weighted by molar-refractivity contribution is -0.136. The van der Waals surface area contributed by atoms with Crippen LogP contribution < -0.4 is 10.7 Å². The highest BCUT2D eigenvalue weighted by Crippen LogP contribution is 2.23. The molecule has 3 aromatic carbocycles. The van der Waals surface area contributed by atoms with Gasteiger partial charge in [0, 0.05) is 17.3 Å². The molecule has 0 spiro atoms. The van der Waals surface area contributed by atoms with E-state index in [-0.39, 0.29) is 23.7 Å². The maximum absolute atomic E-state index is 13.5. The molecule has 9 nitrogen and oxygen atoms in total. The monoisotopic (exact) mass is 578 g/mol. The molecule has 0 unspecified atom stereocenters. The molecular weight excluding hydrogens is 552 g/mol. The Labute approximate surface area is 237 Å². The summed E-state index contributed by atoms with van der Waals surface area (Å²) < 4.78 is 34.1. The number of furan rings is 1. The van der Waals surface area contributed by atoms with Gasteiger partial charge >= 0.3 is 11.8 Å². The zero-order valence-electron chi connectivity index (χ0n) is 21.8. The number of nitrogens with zero attached hydrogens (tertiary/aromatic N) is 2. The number of nitrogens with one attached hydrogen (secondary N) is 2. The van der Waals surface area contributed by atoms with E-state index < -0.39 is 21.8 Å². The molecular formula is C29H27ClN4O5S. The van der Waals surface area contributed by atoms with Gasteiger partial charge in [-0.05, 0) is 67.9 Å². The van der Waals surface area contributed by atoms with Crippen LogP contribution in [0.5, 0.6) is 0 Å². The molecule has 0 fully saturated rings. The van der Waals surface area contributed by atoms with Gasteiger partial charge in [-0.25, -0.2) is 13.8 Å². The highest BCUT2D eigenvalue weighted by Gasteiger charge is 2.26. The molecule has 0 atom stereocenters. The van der Waals surface area contributed by atoms with Gasteiger partial charge in [-0.3, -0.25) is 9.59 Å². The zero-order chi connectivity index (χ0) is 28.7. The second-order valence-electron chi connectivity index (χ2n) is 9.04. The third-order valence-corrected chi connectivity index (χ3v) is 7.88. The molecule has 4 aromatic rings. The maximum atomic E-state index is 13.5. The van der Waals surface area contributed by atoms with Crippen LogP contribution in [0, 0.1) is 13.8 Å². The molecule has 1 heterocycles. The van der Waals surface area contributed by atoms with E-state index >= 15 is 0 Å². The lowest BCUT2D eigenvalue weighted by Gasteiger charge is -2.21. The van der Waals surface area contributed by atoms with Gasteiger partial charge in [0.05, 0.1) is 17.7 Å². The Bertz CT molecular complexity index is 1610. The van der Waals surface area contributed by atoms with Gasteiger partial charge in [0.1, 0.15) is 11.5 Å². The summed E-state index contributed by atoms with van der Waals surface area (Å²) in [4.78, 5) is 24.2. The van der Waals surface area contributed by atoms with E-state index in [1.807, 2.05) is 50.2 Å². The molecule has 206 valence electrons. The van der Waals surface area contributed by atoms with Crippen molar-refractivity contribution in [1.29, 1.82) is 0 Å². The first-order valence-corrected chi connectivity index (χ1v) is 14.0. The number of carbonyl (C=O) groups excluding carboxylic acids is 2. The Balaban J connectivity index is 1.44. The lowest BCUT2D eigenvalue weighted by atomic mass is 10.1. The summed E-state index contributed by atoms with van der Waals surface area (Å²) in [5.74, 6) is -1.22. The minimum Gasteiger partial charge on any atom is -0.459 e. The van der Waals surface area contributed by atoms with Crippen molar-refractivity contribution in [1.82, 2.24) is 9.73 Å². The number of anilines is 1. The summed E-state index contributed by atoms with van der Waals surface area (Å²) in [6.07, 6.45) is 1.22. The van der Waals surface area contributed by atoms with Crippen LogP contribution in [0.25, 0.3) is 0 Å². The van der Waals surface area contributed by atoms with Crippen LogP contribution in [0.15, 0.2) is 99.3 Å². The van der Waals surface area contributed by atoms with E-state index in [1.54, 1.807) is 24.3 Å². The summed E-state index contributed by atoms with van der Waals surface area (Å²) in [5, 5.41) is 6.68. The van der Waals surface area contributed by atoms with Gasteiger partial charge in [0.15, 0.2) is 0 Å². The Kier molecular flexibility index (Phi) is 9.15. The highest BCUT2D eigenvalue weighted by atomic mass is 35.5. The third-order valence-electron chi connectivity index (χ3n) is 5.82. The van der Waals surface area contributed by atoms with Gasteiger partial charge in [-0.1, -0.05) is 59.1 Å². The van der Waals surface area contributed by atoms with E-state index in [9.17, 15) is 18.0 Å². The van der Waals surface area contributed by atoms with Crippen molar-refractivity contribution >= 4 is 45.3 Å². The maximum Gasteiger partial charge on any atom is 0.329 e. The summed E-state index contributed by atoms with van der Waals surface area (Å²) in [6, 6.07) is 23.7. The summed E-state index contributed by atoms with van der Waals surface area (Å²) in [6.45, 7) is 3.92. The van der Waals surface area contributed by atoms with Crippen LogP contribution in [0.2, 0.25) is 5.02 Å². The molecule has 1 aromatic heterocycles. The van der Waals surface area contributed by atoms with Crippen LogP contribution in [-0.2, 0) is 32.7 Å².